The number of fused-ring (bicyclic) bond motifs is 1. The van der Waals surface area contributed by atoms with E-state index in [4.69, 9.17) is 0 Å². The molecule has 4 aromatic rings. The van der Waals surface area contributed by atoms with E-state index in [1.807, 2.05) is 48.9 Å². The van der Waals surface area contributed by atoms with E-state index in [9.17, 15) is 40.7 Å². The number of aromatic nitrogens is 2. The number of carbonyl (C=O) groups is 2. The van der Waals surface area contributed by atoms with E-state index >= 15 is 0 Å². The fourth-order valence-electron chi connectivity index (χ4n) is 6.35. The molecule has 1 fully saturated rings. The minimum atomic E-state index is -4.80. The van der Waals surface area contributed by atoms with E-state index in [0.29, 0.717) is 11.6 Å². The summed E-state index contributed by atoms with van der Waals surface area (Å²) in [5.74, 6) is -6.95. The molecule has 5 rings (SSSR count). The first-order valence-electron chi connectivity index (χ1n) is 14.9. The second kappa shape index (κ2) is 14.7. The molecule has 1 aliphatic carbocycles. The largest absolute Gasteiger partial charge is 0.481 e. The third-order valence-corrected chi connectivity index (χ3v) is 9.61. The zero-order chi connectivity index (χ0) is 35.6. The quantitative estimate of drug-likeness (QED) is 0.132. The van der Waals surface area contributed by atoms with Gasteiger partial charge in [-0.15, -0.1) is 0 Å². The van der Waals surface area contributed by atoms with Gasteiger partial charge in [0.15, 0.2) is 0 Å². The van der Waals surface area contributed by atoms with Gasteiger partial charge in [-0.3, -0.25) is 14.3 Å². The molecule has 0 saturated heterocycles. The van der Waals surface area contributed by atoms with Crippen LogP contribution >= 0.6 is 12.8 Å². The number of hydrogen-bond acceptors (Lipinski definition) is 7. The van der Waals surface area contributed by atoms with Crippen molar-refractivity contribution in [3.05, 3.63) is 83.4 Å². The number of anilines is 1. The highest BCUT2D eigenvalue weighted by Crippen LogP contribution is 2.46. The summed E-state index contributed by atoms with van der Waals surface area (Å²) < 4.78 is 82.5. The van der Waals surface area contributed by atoms with Crippen molar-refractivity contribution in [2.45, 2.75) is 31.9 Å². The zero-order valence-corrected chi connectivity index (χ0v) is 28.3. The van der Waals surface area contributed by atoms with Crippen LogP contribution in [-0.4, -0.2) is 54.0 Å². The van der Waals surface area contributed by atoms with Gasteiger partial charge in [0.25, 0.3) is 0 Å². The van der Waals surface area contributed by atoms with Crippen molar-refractivity contribution < 1.29 is 40.7 Å². The first-order valence-corrected chi connectivity index (χ1v) is 17.4. The number of carbonyl (C=O) groups excluding carboxylic acids is 1. The predicted molar refractivity (Wildman–Crippen MR) is 179 cm³/mol. The summed E-state index contributed by atoms with van der Waals surface area (Å²) in [6.07, 6.45) is -3.70. The molecule has 3 N–H and O–H groups in total. The van der Waals surface area contributed by atoms with Crippen molar-refractivity contribution in [2.75, 3.05) is 24.4 Å². The lowest BCUT2D eigenvalue weighted by atomic mass is 9.65. The Morgan fingerprint density at radius 3 is 2.23 bits per heavy atom. The van der Waals surface area contributed by atoms with Crippen LogP contribution in [0.2, 0.25) is 0 Å². The number of hydrogen-bond donors (Lipinski definition) is 4. The summed E-state index contributed by atoms with van der Waals surface area (Å²) in [4.78, 5) is 30.7. The van der Waals surface area contributed by atoms with Crippen molar-refractivity contribution >= 4 is 51.2 Å². The number of carboxylic acid groups (broad SMARTS) is 1. The molecule has 15 heteroatoms. The summed E-state index contributed by atoms with van der Waals surface area (Å²) in [7, 11) is 0.147. The Kier molecular flexibility index (Phi) is 11.3. The van der Waals surface area contributed by atoms with Gasteiger partial charge < -0.3 is 15.0 Å². The summed E-state index contributed by atoms with van der Waals surface area (Å²) >= 11 is 3.54. The number of rotatable bonds is 7. The first-order chi connectivity index (χ1) is 22.4. The van der Waals surface area contributed by atoms with Crippen molar-refractivity contribution in [1.29, 1.82) is 0 Å². The topological polar surface area (TPSA) is 130 Å². The van der Waals surface area contributed by atoms with Crippen LogP contribution in [0.15, 0.2) is 60.7 Å². The Labute approximate surface area is 281 Å². The van der Waals surface area contributed by atoms with Gasteiger partial charge >= 0.3 is 12.1 Å². The molecule has 0 spiro atoms. The molecule has 48 heavy (non-hydrogen) atoms. The highest BCUT2D eigenvalue weighted by molar-refractivity contribution is 7.90. The van der Waals surface area contributed by atoms with E-state index < -0.39 is 68.6 Å². The van der Waals surface area contributed by atoms with Crippen molar-refractivity contribution in [3.63, 3.8) is 0 Å². The number of aryl methyl sites for hydroxylation is 2. The lowest BCUT2D eigenvalue weighted by Crippen LogP contribution is -2.44. The molecular formula is C33H36F4N4O5S2. The highest BCUT2D eigenvalue weighted by atomic mass is 32.2. The molecule has 4 atom stereocenters. The van der Waals surface area contributed by atoms with Crippen LogP contribution in [0.5, 0.6) is 0 Å². The Bertz CT molecular complexity index is 1910. The second-order valence-corrected chi connectivity index (χ2v) is 14.6. The van der Waals surface area contributed by atoms with Gasteiger partial charge in [0.1, 0.15) is 21.5 Å². The number of benzene rings is 3. The Morgan fingerprint density at radius 2 is 1.67 bits per heavy atom. The monoisotopic (exact) mass is 708 g/mol. The molecule has 0 bridgehead atoms. The smallest absolute Gasteiger partial charge is 0.416 e. The van der Waals surface area contributed by atoms with Crippen LogP contribution in [0.3, 0.4) is 0 Å². The average molecular weight is 709 g/mol. The van der Waals surface area contributed by atoms with E-state index in [2.05, 4.69) is 27.8 Å². The van der Waals surface area contributed by atoms with Crippen LogP contribution in [-0.2, 0) is 32.7 Å². The Hall–Kier alpha value is -3.95. The van der Waals surface area contributed by atoms with Crippen molar-refractivity contribution in [3.8, 4) is 11.1 Å². The van der Waals surface area contributed by atoms with E-state index in [1.54, 1.807) is 19.2 Å². The fourth-order valence-corrected chi connectivity index (χ4v) is 7.48. The molecule has 1 heterocycles. The molecule has 1 saturated carbocycles. The summed E-state index contributed by atoms with van der Waals surface area (Å²) in [5, 5.41) is 12.6. The SMILES string of the molecule is CNS.Cc1nc2cc(-c3ccc(C4CC(CS(C)(=O)=O)CC(C(=O)Nc5ccc(C(F)(F)F)cc5F)[C@@H]4C(=O)O)cc3)ccc2n1C. The number of imidazole rings is 1. The molecule has 0 aliphatic heterocycles. The highest BCUT2D eigenvalue weighted by Gasteiger charge is 2.46. The van der Waals surface area contributed by atoms with Crippen LogP contribution in [0.4, 0.5) is 23.2 Å². The maximum absolute atomic E-state index is 14.6. The molecule has 1 aromatic heterocycles. The maximum Gasteiger partial charge on any atom is 0.416 e. The lowest BCUT2D eigenvalue weighted by molar-refractivity contribution is -0.149. The van der Waals surface area contributed by atoms with Gasteiger partial charge in [-0.25, -0.2) is 17.8 Å². The molecule has 3 aromatic carbocycles. The molecule has 258 valence electrons. The summed E-state index contributed by atoms with van der Waals surface area (Å²) in [6.45, 7) is 1.90. The van der Waals surface area contributed by atoms with Gasteiger partial charge in [0.2, 0.25) is 5.91 Å². The fraction of sp³-hybridized carbons (Fsp3) is 0.364. The predicted octanol–water partition coefficient (Wildman–Crippen LogP) is 6.25. The minimum Gasteiger partial charge on any atom is -0.481 e. The number of sulfone groups is 1. The zero-order valence-electron chi connectivity index (χ0n) is 26.5. The molecule has 0 radical (unpaired) electrons. The van der Waals surface area contributed by atoms with E-state index in [1.165, 1.54) is 0 Å². The minimum absolute atomic E-state index is 0.115. The van der Waals surface area contributed by atoms with Gasteiger partial charge in [0, 0.05) is 13.3 Å². The molecule has 1 aliphatic rings. The number of carboxylic acids is 1. The third kappa shape index (κ3) is 8.55. The second-order valence-electron chi connectivity index (χ2n) is 12.0. The normalized spacial score (nSPS) is 19.8. The van der Waals surface area contributed by atoms with E-state index in [0.717, 1.165) is 40.3 Å². The average Bonchev–Trinajstić information content (AvgIpc) is 3.28. The number of alkyl halides is 3. The molecule has 3 unspecified atom stereocenters. The van der Waals surface area contributed by atoms with Gasteiger partial charge in [-0.05, 0) is 85.7 Å². The van der Waals surface area contributed by atoms with Crippen molar-refractivity contribution in [1.82, 2.24) is 14.3 Å². The molecule has 9 nitrogen and oxygen atoms in total. The van der Waals surface area contributed by atoms with E-state index in [-0.39, 0.29) is 24.7 Å². The van der Waals surface area contributed by atoms with Crippen LogP contribution in [0.1, 0.15) is 35.7 Å². The number of halogens is 4. The van der Waals surface area contributed by atoms with Gasteiger partial charge in [-0.2, -0.15) is 13.2 Å². The number of amides is 1. The number of thiol groups is 1. The summed E-state index contributed by atoms with van der Waals surface area (Å²) in [6, 6.07) is 14.6. The van der Waals surface area contributed by atoms with Crippen LogP contribution in [0.25, 0.3) is 22.2 Å². The van der Waals surface area contributed by atoms with Crippen LogP contribution < -0.4 is 10.0 Å². The van der Waals surface area contributed by atoms with Crippen LogP contribution in [0, 0.1) is 30.5 Å². The van der Waals surface area contributed by atoms with Gasteiger partial charge in [0.05, 0.1) is 39.9 Å². The molecule has 1 amide bonds. The third-order valence-electron chi connectivity index (χ3n) is 8.53. The Balaban J connectivity index is 0.00000167. The standard InChI is InChI=1S/C32H31F4N3O5S.CH5NS/c1-17-37-27-14-21(8-11-28(27)39(17)2)19-4-6-20(7-5-19)23-12-18(16-45(3,43)44)13-24(29(23)31(41)42)30(40)38-26-10-9-22(15-25(26)33)32(34,35)36;1-2-3/h4-11,14-15,18,23-24,29H,12-13,16H2,1-3H3,(H,38,40)(H,41,42);2-3H,1H3/t18?,23?,24?,29-;/m1./s1. The summed E-state index contributed by atoms with van der Waals surface area (Å²) in [5.41, 5.74) is 2.31. The number of nitrogens with one attached hydrogen (secondary N) is 2. The molecular weight excluding hydrogens is 673 g/mol. The maximum atomic E-state index is 14.6. The first kappa shape index (κ1) is 36.9. The Morgan fingerprint density at radius 1 is 1.04 bits per heavy atom. The number of aliphatic carboxylic acids is 1. The lowest BCUT2D eigenvalue weighted by Gasteiger charge is -2.39. The van der Waals surface area contributed by atoms with Gasteiger partial charge in [-0.1, -0.05) is 43.1 Å². The van der Waals surface area contributed by atoms with Crippen molar-refractivity contribution in [2.24, 2.45) is 24.8 Å². The number of nitrogens with zero attached hydrogens (tertiary/aromatic N) is 2.